The summed E-state index contributed by atoms with van der Waals surface area (Å²) in [6, 6.07) is 7.87. The van der Waals surface area contributed by atoms with Crippen LogP contribution in [0.4, 0.5) is 5.82 Å². The number of rotatable bonds is 4. The van der Waals surface area contributed by atoms with Crippen molar-refractivity contribution < 1.29 is 9.47 Å². The molecule has 3 heterocycles. The minimum Gasteiger partial charge on any atom is -0.497 e. The zero-order valence-corrected chi connectivity index (χ0v) is 15.1. The molecule has 0 unspecified atom stereocenters. The Morgan fingerprint density at radius 3 is 2.68 bits per heavy atom. The second kappa shape index (κ2) is 7.09. The van der Waals surface area contributed by atoms with Gasteiger partial charge in [-0.25, -0.2) is 4.98 Å². The van der Waals surface area contributed by atoms with Crippen LogP contribution in [0, 0.1) is 0 Å². The third-order valence-corrected chi connectivity index (χ3v) is 5.56. The first-order valence-corrected chi connectivity index (χ1v) is 9.47. The highest BCUT2D eigenvalue weighted by molar-refractivity contribution is 7.99. The van der Waals surface area contributed by atoms with Gasteiger partial charge in [0.05, 0.1) is 25.9 Å². The van der Waals surface area contributed by atoms with E-state index in [4.69, 9.17) is 14.5 Å². The molecule has 0 bridgehead atoms. The number of thioether (sulfide) groups is 1. The molecule has 1 aromatic carbocycles. The summed E-state index contributed by atoms with van der Waals surface area (Å²) in [4.78, 5) is 20.1. The predicted molar refractivity (Wildman–Crippen MR) is 98.1 cm³/mol. The smallest absolute Gasteiger partial charge is 0.259 e. The number of ether oxygens (including phenoxy) is 2. The zero-order chi connectivity index (χ0) is 17.2. The van der Waals surface area contributed by atoms with Gasteiger partial charge in [-0.2, -0.15) is 0 Å². The molecule has 0 spiro atoms. The Hall–Kier alpha value is -1.99. The molecule has 0 aliphatic carbocycles. The molecule has 1 fully saturated rings. The molecule has 4 rings (SSSR count). The molecule has 7 heteroatoms. The van der Waals surface area contributed by atoms with Crippen molar-refractivity contribution in [3.63, 3.8) is 0 Å². The van der Waals surface area contributed by atoms with Gasteiger partial charge in [0, 0.05) is 31.8 Å². The van der Waals surface area contributed by atoms with Gasteiger partial charge in [-0.1, -0.05) is 23.9 Å². The molecule has 25 heavy (non-hydrogen) atoms. The first-order valence-electron chi connectivity index (χ1n) is 8.48. The molecule has 6 nitrogen and oxygen atoms in total. The van der Waals surface area contributed by atoms with E-state index in [0.717, 1.165) is 53.2 Å². The number of anilines is 1. The average molecular weight is 359 g/mol. The van der Waals surface area contributed by atoms with E-state index in [0.29, 0.717) is 19.6 Å². The summed E-state index contributed by atoms with van der Waals surface area (Å²) in [5, 5.41) is 0.838. The number of methoxy groups -OCH3 is 1. The molecular weight excluding hydrogens is 338 g/mol. The van der Waals surface area contributed by atoms with Gasteiger partial charge in [0.15, 0.2) is 5.16 Å². The van der Waals surface area contributed by atoms with Crippen LogP contribution in [0.25, 0.3) is 0 Å². The van der Waals surface area contributed by atoms with E-state index < -0.39 is 0 Å². The molecule has 132 valence electrons. The Kier molecular flexibility index (Phi) is 4.67. The molecule has 0 atom stereocenters. The Balaban J connectivity index is 1.74. The van der Waals surface area contributed by atoms with Crippen LogP contribution < -0.4 is 15.2 Å². The highest BCUT2D eigenvalue weighted by Crippen LogP contribution is 2.27. The Morgan fingerprint density at radius 2 is 1.96 bits per heavy atom. The van der Waals surface area contributed by atoms with E-state index in [9.17, 15) is 4.79 Å². The number of morpholine rings is 1. The highest BCUT2D eigenvalue weighted by atomic mass is 32.2. The van der Waals surface area contributed by atoms with E-state index in [2.05, 4.69) is 4.90 Å². The third kappa shape index (κ3) is 3.26. The average Bonchev–Trinajstić information content (AvgIpc) is 3.14. The molecule has 0 radical (unpaired) electrons. The van der Waals surface area contributed by atoms with Crippen LogP contribution >= 0.6 is 11.8 Å². The van der Waals surface area contributed by atoms with E-state index >= 15 is 0 Å². The maximum absolute atomic E-state index is 13.1. The lowest BCUT2D eigenvalue weighted by Crippen LogP contribution is -2.39. The van der Waals surface area contributed by atoms with Crippen LogP contribution in [-0.4, -0.2) is 48.7 Å². The van der Waals surface area contributed by atoms with Crippen LogP contribution in [0.1, 0.15) is 11.1 Å². The van der Waals surface area contributed by atoms with E-state index in [1.54, 1.807) is 18.9 Å². The number of nitrogens with zero attached hydrogens (tertiary/aromatic N) is 3. The monoisotopic (exact) mass is 359 g/mol. The van der Waals surface area contributed by atoms with Crippen LogP contribution in [0.15, 0.2) is 34.2 Å². The molecule has 1 aromatic heterocycles. The predicted octanol–water partition coefficient (Wildman–Crippen LogP) is 1.79. The van der Waals surface area contributed by atoms with Crippen molar-refractivity contribution in [2.45, 2.75) is 18.1 Å². The third-order valence-electron chi connectivity index (χ3n) is 4.60. The van der Waals surface area contributed by atoms with Crippen molar-refractivity contribution in [2.75, 3.05) is 44.1 Å². The van der Waals surface area contributed by atoms with Gasteiger partial charge in [0.1, 0.15) is 11.6 Å². The first kappa shape index (κ1) is 16.5. The number of aromatic nitrogens is 2. The van der Waals surface area contributed by atoms with Crippen LogP contribution in [-0.2, 0) is 17.7 Å². The van der Waals surface area contributed by atoms with E-state index in [1.807, 2.05) is 28.8 Å². The van der Waals surface area contributed by atoms with Crippen molar-refractivity contribution in [1.82, 2.24) is 9.55 Å². The standard InChI is InChI=1S/C18H21N3O3S/c1-23-14-4-2-13(3-5-14)12-15-16(20-6-9-24-10-7-20)19-18-21(17(15)22)8-11-25-18/h2-5H,6-12H2,1H3. The first-order chi connectivity index (χ1) is 12.3. The number of hydrogen-bond donors (Lipinski definition) is 0. The fraction of sp³-hybridized carbons (Fsp3) is 0.444. The van der Waals surface area contributed by atoms with Gasteiger partial charge in [-0.15, -0.1) is 0 Å². The zero-order valence-electron chi connectivity index (χ0n) is 14.2. The van der Waals surface area contributed by atoms with Gasteiger partial charge in [0.25, 0.3) is 5.56 Å². The van der Waals surface area contributed by atoms with Crippen LogP contribution in [0.2, 0.25) is 0 Å². The van der Waals surface area contributed by atoms with Gasteiger partial charge >= 0.3 is 0 Å². The summed E-state index contributed by atoms with van der Waals surface area (Å²) in [7, 11) is 1.65. The summed E-state index contributed by atoms with van der Waals surface area (Å²) in [6.07, 6.45) is 0.577. The SMILES string of the molecule is COc1ccc(Cc2c(N3CCOCC3)nc3n(c2=O)CCS3)cc1. The molecule has 2 aliphatic rings. The van der Waals surface area contributed by atoms with Crippen molar-refractivity contribution in [1.29, 1.82) is 0 Å². The molecule has 0 N–H and O–H groups in total. The highest BCUT2D eigenvalue weighted by Gasteiger charge is 2.25. The summed E-state index contributed by atoms with van der Waals surface area (Å²) in [5.74, 6) is 2.55. The molecule has 0 amide bonds. The minimum atomic E-state index is 0.0901. The van der Waals surface area contributed by atoms with Gasteiger partial charge in [-0.3, -0.25) is 9.36 Å². The number of fused-ring (bicyclic) bond motifs is 1. The number of benzene rings is 1. The van der Waals surface area contributed by atoms with Gasteiger partial charge in [0.2, 0.25) is 0 Å². The summed E-state index contributed by atoms with van der Waals surface area (Å²) < 4.78 is 12.5. The Morgan fingerprint density at radius 1 is 1.20 bits per heavy atom. The topological polar surface area (TPSA) is 56.6 Å². The molecule has 2 aromatic rings. The quantitative estimate of drug-likeness (QED) is 0.776. The second-order valence-electron chi connectivity index (χ2n) is 6.13. The normalized spacial score (nSPS) is 16.8. The lowest BCUT2D eigenvalue weighted by Gasteiger charge is -2.29. The van der Waals surface area contributed by atoms with Gasteiger partial charge < -0.3 is 14.4 Å². The molecule has 1 saturated heterocycles. The minimum absolute atomic E-state index is 0.0901. The van der Waals surface area contributed by atoms with Crippen molar-refractivity contribution in [3.05, 3.63) is 45.7 Å². The lowest BCUT2D eigenvalue weighted by molar-refractivity contribution is 0.122. The van der Waals surface area contributed by atoms with Gasteiger partial charge in [-0.05, 0) is 17.7 Å². The van der Waals surface area contributed by atoms with E-state index in [-0.39, 0.29) is 5.56 Å². The molecule has 2 aliphatic heterocycles. The Labute approximate surface area is 150 Å². The molecule has 0 saturated carbocycles. The maximum Gasteiger partial charge on any atom is 0.259 e. The van der Waals surface area contributed by atoms with Crippen molar-refractivity contribution in [2.24, 2.45) is 0 Å². The van der Waals surface area contributed by atoms with E-state index in [1.165, 1.54) is 0 Å². The van der Waals surface area contributed by atoms with Crippen molar-refractivity contribution in [3.8, 4) is 5.75 Å². The second-order valence-corrected chi connectivity index (χ2v) is 7.19. The number of hydrogen-bond acceptors (Lipinski definition) is 6. The Bertz CT molecular complexity index is 814. The van der Waals surface area contributed by atoms with Crippen molar-refractivity contribution >= 4 is 17.6 Å². The fourth-order valence-corrected chi connectivity index (χ4v) is 4.18. The fourth-order valence-electron chi connectivity index (χ4n) is 3.24. The maximum atomic E-state index is 13.1. The molecular formula is C18H21N3O3S. The summed E-state index contributed by atoms with van der Waals surface area (Å²) >= 11 is 1.66. The summed E-state index contributed by atoms with van der Waals surface area (Å²) in [6.45, 7) is 3.64. The lowest BCUT2D eigenvalue weighted by atomic mass is 10.1. The largest absolute Gasteiger partial charge is 0.497 e. The van der Waals surface area contributed by atoms with Crippen LogP contribution in [0.5, 0.6) is 5.75 Å². The van der Waals surface area contributed by atoms with Crippen LogP contribution in [0.3, 0.4) is 0 Å². The summed E-state index contributed by atoms with van der Waals surface area (Å²) in [5.41, 5.74) is 1.95.